The van der Waals surface area contributed by atoms with Crippen LogP contribution in [0.2, 0.25) is 5.02 Å². The molecule has 3 nitrogen and oxygen atoms in total. The Labute approximate surface area is 116 Å². The maximum atomic E-state index is 8.89. The summed E-state index contributed by atoms with van der Waals surface area (Å²) >= 11 is 7.89. The van der Waals surface area contributed by atoms with E-state index in [9.17, 15) is 0 Å². The topological polar surface area (TPSA) is 38.7 Å². The predicted octanol–water partition coefficient (Wildman–Crippen LogP) is 3.21. The molecule has 1 heterocycles. The third-order valence-electron chi connectivity index (χ3n) is 2.81. The van der Waals surface area contributed by atoms with Gasteiger partial charge in [-0.25, -0.2) is 0 Å². The maximum absolute atomic E-state index is 8.89. The highest BCUT2D eigenvalue weighted by Crippen LogP contribution is 2.34. The molecule has 0 aromatic heterocycles. The average molecular weight is 289 g/mol. The molecule has 0 saturated carbocycles. The van der Waals surface area contributed by atoms with Gasteiger partial charge in [-0.2, -0.15) is 11.8 Å². The molecule has 0 radical (unpaired) electrons. The van der Waals surface area contributed by atoms with Crippen LogP contribution in [0.5, 0.6) is 5.75 Å². The van der Waals surface area contributed by atoms with E-state index in [1.807, 2.05) is 12.1 Å². The van der Waals surface area contributed by atoms with Crippen LogP contribution in [0, 0.1) is 0 Å². The minimum Gasteiger partial charge on any atom is -0.467 e. The third kappa shape index (κ3) is 3.54. The number of aliphatic hydroxyl groups excluding tert-OH is 1. The first-order chi connectivity index (χ1) is 8.70. The molecule has 1 aliphatic heterocycles. The molecule has 1 unspecified atom stereocenters. The summed E-state index contributed by atoms with van der Waals surface area (Å²) in [5.41, 5.74) is 2.12. The number of benzene rings is 1. The van der Waals surface area contributed by atoms with Gasteiger partial charge in [0.15, 0.2) is 6.79 Å². The van der Waals surface area contributed by atoms with Gasteiger partial charge in [0, 0.05) is 33.8 Å². The van der Waals surface area contributed by atoms with Crippen LogP contribution in [0.1, 0.15) is 24.5 Å². The Kier molecular flexibility index (Phi) is 5.18. The first kappa shape index (κ1) is 14.0. The maximum Gasteiger partial charge on any atom is 0.189 e. The number of aliphatic hydroxyl groups is 1. The Hall–Kier alpha value is -0.420. The third-order valence-corrected chi connectivity index (χ3v) is 4.31. The van der Waals surface area contributed by atoms with Gasteiger partial charge in [-0.3, -0.25) is 0 Å². The number of hydrogen-bond acceptors (Lipinski definition) is 4. The molecule has 1 aromatic rings. The molecule has 0 fully saturated rings. The molecule has 0 bridgehead atoms. The summed E-state index contributed by atoms with van der Waals surface area (Å²) in [6.07, 6.45) is 0.803. The van der Waals surface area contributed by atoms with Crippen LogP contribution in [0.4, 0.5) is 0 Å². The highest BCUT2D eigenvalue weighted by atomic mass is 35.5. The summed E-state index contributed by atoms with van der Waals surface area (Å²) in [5, 5.41) is 10.0. The minimum absolute atomic E-state index is 0.228. The quantitative estimate of drug-likeness (QED) is 0.903. The number of rotatable bonds is 5. The van der Waals surface area contributed by atoms with Crippen LogP contribution in [0.3, 0.4) is 0 Å². The van der Waals surface area contributed by atoms with E-state index < -0.39 is 0 Å². The van der Waals surface area contributed by atoms with E-state index in [-0.39, 0.29) is 6.61 Å². The lowest BCUT2D eigenvalue weighted by atomic mass is 10.1. The van der Waals surface area contributed by atoms with Crippen molar-refractivity contribution < 1.29 is 14.6 Å². The van der Waals surface area contributed by atoms with Crippen LogP contribution in [0.25, 0.3) is 0 Å². The fourth-order valence-electron chi connectivity index (χ4n) is 1.86. The Morgan fingerprint density at radius 2 is 2.33 bits per heavy atom. The van der Waals surface area contributed by atoms with E-state index in [2.05, 4.69) is 6.92 Å². The van der Waals surface area contributed by atoms with Gasteiger partial charge >= 0.3 is 0 Å². The van der Waals surface area contributed by atoms with E-state index in [1.54, 1.807) is 11.8 Å². The van der Waals surface area contributed by atoms with Crippen LogP contribution in [0.15, 0.2) is 12.1 Å². The lowest BCUT2D eigenvalue weighted by Crippen LogP contribution is -2.13. The number of thioether (sulfide) groups is 1. The highest BCUT2D eigenvalue weighted by Gasteiger charge is 2.17. The molecule has 0 aliphatic carbocycles. The SMILES string of the molecule is CC(CCO)SCc1cc(Cl)cc2c1OCOC2. The first-order valence-electron chi connectivity index (χ1n) is 5.95. The van der Waals surface area contributed by atoms with E-state index in [4.69, 9.17) is 26.2 Å². The molecular formula is C13H17ClO3S. The second-order valence-corrected chi connectivity index (χ2v) is 6.16. The molecule has 1 aromatic carbocycles. The molecule has 1 N–H and O–H groups in total. The van der Waals surface area contributed by atoms with Gasteiger partial charge in [-0.15, -0.1) is 0 Å². The van der Waals surface area contributed by atoms with Crippen molar-refractivity contribution in [1.82, 2.24) is 0 Å². The van der Waals surface area contributed by atoms with E-state index in [0.29, 0.717) is 23.7 Å². The fraction of sp³-hybridized carbons (Fsp3) is 0.538. The highest BCUT2D eigenvalue weighted by molar-refractivity contribution is 7.99. The van der Waals surface area contributed by atoms with Gasteiger partial charge in [-0.1, -0.05) is 18.5 Å². The second kappa shape index (κ2) is 6.66. The van der Waals surface area contributed by atoms with Gasteiger partial charge < -0.3 is 14.6 Å². The van der Waals surface area contributed by atoms with Gasteiger partial charge in [0.05, 0.1) is 6.61 Å². The first-order valence-corrected chi connectivity index (χ1v) is 7.37. The number of fused-ring (bicyclic) bond motifs is 1. The van der Waals surface area contributed by atoms with Gasteiger partial charge in [0.1, 0.15) is 5.75 Å². The largest absolute Gasteiger partial charge is 0.467 e. The molecule has 0 spiro atoms. The molecule has 18 heavy (non-hydrogen) atoms. The lowest BCUT2D eigenvalue weighted by molar-refractivity contribution is -0.0168. The van der Waals surface area contributed by atoms with Crippen molar-refractivity contribution >= 4 is 23.4 Å². The second-order valence-electron chi connectivity index (χ2n) is 4.30. The molecule has 2 rings (SSSR count). The van der Waals surface area contributed by atoms with Crippen LogP contribution >= 0.6 is 23.4 Å². The molecule has 1 aliphatic rings. The van der Waals surface area contributed by atoms with E-state index >= 15 is 0 Å². The Balaban J connectivity index is 2.09. The molecular weight excluding hydrogens is 272 g/mol. The summed E-state index contributed by atoms with van der Waals surface area (Å²) in [6.45, 7) is 3.20. The number of ether oxygens (including phenoxy) is 2. The van der Waals surface area contributed by atoms with Crippen LogP contribution in [-0.2, 0) is 17.1 Å². The molecule has 1 atom stereocenters. The normalized spacial score (nSPS) is 15.9. The van der Waals surface area contributed by atoms with Crippen molar-refractivity contribution in [3.8, 4) is 5.75 Å². The zero-order valence-electron chi connectivity index (χ0n) is 10.3. The summed E-state index contributed by atoms with van der Waals surface area (Å²) in [7, 11) is 0. The van der Waals surface area contributed by atoms with Gasteiger partial charge in [0.2, 0.25) is 0 Å². The zero-order chi connectivity index (χ0) is 13.0. The lowest BCUT2D eigenvalue weighted by Gasteiger charge is -2.21. The minimum atomic E-state index is 0.228. The van der Waals surface area contributed by atoms with Crippen molar-refractivity contribution in [2.75, 3.05) is 13.4 Å². The van der Waals surface area contributed by atoms with Crippen LogP contribution in [-0.4, -0.2) is 23.8 Å². The summed E-state index contributed by atoms with van der Waals surface area (Å²) in [4.78, 5) is 0. The number of halogens is 1. The standard InChI is InChI=1S/C13H17ClO3S/c1-9(2-3-15)18-7-11-5-12(14)4-10-6-16-8-17-13(10)11/h4-5,9,15H,2-3,6-8H2,1H3. The van der Waals surface area contributed by atoms with Gasteiger partial charge in [0.25, 0.3) is 0 Å². The van der Waals surface area contributed by atoms with Crippen molar-refractivity contribution in [2.45, 2.75) is 31.0 Å². The van der Waals surface area contributed by atoms with Crippen molar-refractivity contribution in [2.24, 2.45) is 0 Å². The van der Waals surface area contributed by atoms with Crippen LogP contribution < -0.4 is 4.74 Å². The Bertz CT molecular complexity index is 411. The van der Waals surface area contributed by atoms with Crippen molar-refractivity contribution in [3.63, 3.8) is 0 Å². The summed E-state index contributed by atoms with van der Waals surface area (Å²) < 4.78 is 10.8. The summed E-state index contributed by atoms with van der Waals surface area (Å²) in [6, 6.07) is 3.84. The molecule has 0 saturated heterocycles. The average Bonchev–Trinajstić information content (AvgIpc) is 2.36. The Morgan fingerprint density at radius 3 is 3.11 bits per heavy atom. The van der Waals surface area contributed by atoms with E-state index in [1.165, 1.54) is 0 Å². The molecule has 0 amide bonds. The Morgan fingerprint density at radius 1 is 1.50 bits per heavy atom. The zero-order valence-corrected chi connectivity index (χ0v) is 11.9. The molecule has 5 heteroatoms. The number of hydrogen-bond donors (Lipinski definition) is 1. The van der Waals surface area contributed by atoms with Crippen molar-refractivity contribution in [1.29, 1.82) is 0 Å². The van der Waals surface area contributed by atoms with Gasteiger partial charge in [-0.05, 0) is 18.6 Å². The van der Waals surface area contributed by atoms with E-state index in [0.717, 1.165) is 29.1 Å². The monoisotopic (exact) mass is 288 g/mol. The van der Waals surface area contributed by atoms with Crippen molar-refractivity contribution in [3.05, 3.63) is 28.3 Å². The predicted molar refractivity (Wildman–Crippen MR) is 74.2 cm³/mol. The summed E-state index contributed by atoms with van der Waals surface area (Å²) in [5.74, 6) is 1.75. The fourth-order valence-corrected chi connectivity index (χ4v) is 3.08. The molecule has 100 valence electrons. The smallest absolute Gasteiger partial charge is 0.189 e.